The number of hydrogen-bond acceptors (Lipinski definition) is 2. The number of nitrogens with one attached hydrogen (secondary N) is 1. The lowest BCUT2D eigenvalue weighted by Gasteiger charge is -2.16. The van der Waals surface area contributed by atoms with Crippen molar-refractivity contribution >= 4 is 27.5 Å². The Morgan fingerprint density at radius 2 is 1.93 bits per heavy atom. The molecule has 0 saturated heterocycles. The zero-order valence-corrected chi connectivity index (χ0v) is 15.7. The van der Waals surface area contributed by atoms with E-state index in [1.807, 2.05) is 65.4 Å². The Bertz CT molecular complexity index is 1080. The van der Waals surface area contributed by atoms with Crippen LogP contribution in [0.3, 0.4) is 0 Å². The molecule has 27 heavy (non-hydrogen) atoms. The number of carbonyl (C=O) groups excluding carboxylic acids is 1. The van der Waals surface area contributed by atoms with E-state index in [9.17, 15) is 9.18 Å². The van der Waals surface area contributed by atoms with Gasteiger partial charge in [0.05, 0.1) is 16.3 Å². The largest absolute Gasteiger partial charge is 0.344 e. The molecular formula is C22H19FN2OS. The van der Waals surface area contributed by atoms with Crippen LogP contribution in [0.15, 0.2) is 72.1 Å². The lowest BCUT2D eigenvalue weighted by atomic mass is 10.1. The number of hydrogen-bond donors (Lipinski definition) is 1. The van der Waals surface area contributed by atoms with Crippen molar-refractivity contribution < 1.29 is 9.18 Å². The summed E-state index contributed by atoms with van der Waals surface area (Å²) in [6.07, 6.45) is 0. The van der Waals surface area contributed by atoms with Crippen LogP contribution in [-0.4, -0.2) is 10.5 Å². The Kier molecular flexibility index (Phi) is 4.77. The van der Waals surface area contributed by atoms with E-state index < -0.39 is 0 Å². The molecule has 0 bridgehead atoms. The molecule has 136 valence electrons. The van der Waals surface area contributed by atoms with Gasteiger partial charge in [-0.05, 0) is 47.7 Å². The average Bonchev–Trinajstić information content (AvgIpc) is 3.25. The van der Waals surface area contributed by atoms with Crippen molar-refractivity contribution in [3.63, 3.8) is 0 Å². The van der Waals surface area contributed by atoms with Gasteiger partial charge in [-0.2, -0.15) is 0 Å². The number of halogens is 1. The van der Waals surface area contributed by atoms with E-state index in [1.54, 1.807) is 17.4 Å². The molecular weight excluding hydrogens is 359 g/mol. The lowest BCUT2D eigenvalue weighted by Crippen LogP contribution is -2.28. The van der Waals surface area contributed by atoms with Crippen molar-refractivity contribution in [2.75, 3.05) is 0 Å². The van der Waals surface area contributed by atoms with Gasteiger partial charge >= 0.3 is 0 Å². The van der Waals surface area contributed by atoms with Crippen molar-refractivity contribution in [3.8, 4) is 0 Å². The van der Waals surface area contributed by atoms with Gasteiger partial charge in [0.25, 0.3) is 5.91 Å². The summed E-state index contributed by atoms with van der Waals surface area (Å²) in [7, 11) is 0. The monoisotopic (exact) mass is 378 g/mol. The predicted molar refractivity (Wildman–Crippen MR) is 108 cm³/mol. The molecule has 2 aromatic heterocycles. The topological polar surface area (TPSA) is 34.0 Å². The molecule has 2 aromatic carbocycles. The zero-order valence-electron chi connectivity index (χ0n) is 14.9. The summed E-state index contributed by atoms with van der Waals surface area (Å²) >= 11 is 1.59. The molecule has 3 nitrogen and oxygen atoms in total. The summed E-state index contributed by atoms with van der Waals surface area (Å²) in [5.41, 5.74) is 3.45. The molecule has 1 unspecified atom stereocenters. The first-order valence-electron chi connectivity index (χ1n) is 8.79. The highest BCUT2D eigenvalue weighted by molar-refractivity contribution is 7.17. The van der Waals surface area contributed by atoms with E-state index in [2.05, 4.69) is 5.32 Å². The van der Waals surface area contributed by atoms with Gasteiger partial charge in [-0.25, -0.2) is 4.39 Å². The molecule has 0 fully saturated rings. The minimum Gasteiger partial charge on any atom is -0.344 e. The van der Waals surface area contributed by atoms with Crippen molar-refractivity contribution in [1.29, 1.82) is 0 Å². The molecule has 2 heterocycles. The number of nitrogens with zero attached hydrogens (tertiary/aromatic N) is 1. The maximum Gasteiger partial charge on any atom is 0.268 e. The van der Waals surface area contributed by atoms with Gasteiger partial charge in [0, 0.05) is 6.54 Å². The highest BCUT2D eigenvalue weighted by atomic mass is 32.1. The smallest absolute Gasteiger partial charge is 0.268 e. The average molecular weight is 378 g/mol. The Labute approximate surface area is 161 Å². The third kappa shape index (κ3) is 3.64. The fourth-order valence-corrected chi connectivity index (χ4v) is 4.07. The molecule has 0 radical (unpaired) electrons. The quantitative estimate of drug-likeness (QED) is 0.497. The molecule has 0 spiro atoms. The van der Waals surface area contributed by atoms with E-state index in [0.29, 0.717) is 12.2 Å². The number of amides is 1. The minimum atomic E-state index is -0.273. The Morgan fingerprint density at radius 3 is 2.70 bits per heavy atom. The molecule has 1 amide bonds. The second-order valence-corrected chi connectivity index (χ2v) is 7.47. The van der Waals surface area contributed by atoms with Gasteiger partial charge in [-0.1, -0.05) is 42.5 Å². The van der Waals surface area contributed by atoms with Crippen LogP contribution in [-0.2, 0) is 6.54 Å². The van der Waals surface area contributed by atoms with Crippen LogP contribution < -0.4 is 5.32 Å². The van der Waals surface area contributed by atoms with Gasteiger partial charge < -0.3 is 9.88 Å². The van der Waals surface area contributed by atoms with Crippen LogP contribution in [0.2, 0.25) is 0 Å². The second-order valence-electron chi connectivity index (χ2n) is 6.52. The standard InChI is InChI=1S/C22H19FN2OS/c1-15(17-7-3-2-4-8-17)24-22(26)20-13-21-19(10-11-27-21)25(20)14-16-6-5-9-18(23)12-16/h2-13,15H,14H2,1H3,(H,24,26). The van der Waals surface area contributed by atoms with Crippen LogP contribution in [0.25, 0.3) is 10.2 Å². The van der Waals surface area contributed by atoms with Gasteiger partial charge in [0.15, 0.2) is 0 Å². The molecule has 0 aliphatic carbocycles. The van der Waals surface area contributed by atoms with Gasteiger partial charge in [0.1, 0.15) is 11.5 Å². The highest BCUT2D eigenvalue weighted by Gasteiger charge is 2.19. The summed E-state index contributed by atoms with van der Waals surface area (Å²) in [5.74, 6) is -0.406. The fraction of sp³-hybridized carbons (Fsp3) is 0.136. The first-order valence-corrected chi connectivity index (χ1v) is 9.67. The van der Waals surface area contributed by atoms with Crippen molar-refractivity contribution in [2.45, 2.75) is 19.5 Å². The molecule has 4 aromatic rings. The molecule has 0 aliphatic rings. The fourth-order valence-electron chi connectivity index (χ4n) is 3.25. The number of thiophene rings is 1. The zero-order chi connectivity index (χ0) is 18.8. The predicted octanol–water partition coefficient (Wildman–Crippen LogP) is 5.38. The molecule has 1 N–H and O–H groups in total. The van der Waals surface area contributed by atoms with Crippen LogP contribution in [0.5, 0.6) is 0 Å². The molecule has 0 saturated carbocycles. The number of fused-ring (bicyclic) bond motifs is 1. The lowest BCUT2D eigenvalue weighted by molar-refractivity contribution is 0.0931. The Hall–Kier alpha value is -2.92. The summed E-state index contributed by atoms with van der Waals surface area (Å²) in [5, 5.41) is 5.07. The third-order valence-electron chi connectivity index (χ3n) is 4.63. The van der Waals surface area contributed by atoms with E-state index >= 15 is 0 Å². The summed E-state index contributed by atoms with van der Waals surface area (Å²) in [4.78, 5) is 13.0. The molecule has 0 aliphatic heterocycles. The normalized spacial score (nSPS) is 12.2. The first kappa shape index (κ1) is 17.5. The van der Waals surface area contributed by atoms with Gasteiger partial charge in [-0.3, -0.25) is 4.79 Å². The SMILES string of the molecule is CC(NC(=O)c1cc2sccc2n1Cc1cccc(F)c1)c1ccccc1. The number of carbonyl (C=O) groups is 1. The molecule has 5 heteroatoms. The number of rotatable bonds is 5. The molecule has 4 rings (SSSR count). The summed E-state index contributed by atoms with van der Waals surface area (Å²) in [6, 6.07) is 20.2. The van der Waals surface area contributed by atoms with Crippen molar-refractivity contribution in [2.24, 2.45) is 0 Å². The van der Waals surface area contributed by atoms with E-state index in [0.717, 1.165) is 21.3 Å². The van der Waals surface area contributed by atoms with Crippen LogP contribution in [0.1, 0.15) is 34.6 Å². The molecule has 1 atom stereocenters. The van der Waals surface area contributed by atoms with Crippen LogP contribution >= 0.6 is 11.3 Å². The Balaban J connectivity index is 1.65. The van der Waals surface area contributed by atoms with E-state index in [-0.39, 0.29) is 17.8 Å². The number of benzene rings is 2. The van der Waals surface area contributed by atoms with Gasteiger partial charge in [0.2, 0.25) is 0 Å². The van der Waals surface area contributed by atoms with Gasteiger partial charge in [-0.15, -0.1) is 11.3 Å². The van der Waals surface area contributed by atoms with Crippen molar-refractivity contribution in [3.05, 3.63) is 94.7 Å². The maximum atomic E-state index is 13.6. The van der Waals surface area contributed by atoms with Crippen LogP contribution in [0, 0.1) is 5.82 Å². The summed E-state index contributed by atoms with van der Waals surface area (Å²) < 4.78 is 16.6. The van der Waals surface area contributed by atoms with E-state index in [4.69, 9.17) is 0 Å². The minimum absolute atomic E-state index is 0.103. The second kappa shape index (κ2) is 7.37. The Morgan fingerprint density at radius 1 is 1.11 bits per heavy atom. The third-order valence-corrected chi connectivity index (χ3v) is 5.49. The summed E-state index contributed by atoms with van der Waals surface area (Å²) in [6.45, 7) is 2.41. The van der Waals surface area contributed by atoms with Crippen molar-refractivity contribution in [1.82, 2.24) is 9.88 Å². The maximum absolute atomic E-state index is 13.6. The number of aromatic nitrogens is 1. The first-order chi connectivity index (χ1) is 13.1. The highest BCUT2D eigenvalue weighted by Crippen LogP contribution is 2.27. The van der Waals surface area contributed by atoms with E-state index in [1.165, 1.54) is 12.1 Å². The van der Waals surface area contributed by atoms with Crippen LogP contribution in [0.4, 0.5) is 4.39 Å².